The first-order valence-corrected chi connectivity index (χ1v) is 17.1. The molecule has 0 saturated carbocycles. The van der Waals surface area contributed by atoms with E-state index >= 15 is 0 Å². The maximum atomic E-state index is 14.5. The van der Waals surface area contributed by atoms with Crippen molar-refractivity contribution in [1.29, 1.82) is 0 Å². The number of methoxy groups -OCH3 is 4. The third-order valence-electron chi connectivity index (χ3n) is 7.43. The van der Waals surface area contributed by atoms with Crippen LogP contribution < -0.4 is 28.6 Å². The van der Waals surface area contributed by atoms with E-state index in [-0.39, 0.29) is 46.0 Å². The molecule has 0 fully saturated rings. The highest BCUT2D eigenvalue weighted by Crippen LogP contribution is 2.38. The van der Waals surface area contributed by atoms with Crippen molar-refractivity contribution < 1.29 is 37.0 Å². The van der Waals surface area contributed by atoms with Crippen LogP contribution in [0.3, 0.4) is 0 Å². The van der Waals surface area contributed by atoms with Gasteiger partial charge in [-0.2, -0.15) is 0 Å². The van der Waals surface area contributed by atoms with Gasteiger partial charge in [-0.05, 0) is 54.8 Å². The summed E-state index contributed by atoms with van der Waals surface area (Å²) in [7, 11) is 1.17. The molecule has 47 heavy (non-hydrogen) atoms. The summed E-state index contributed by atoms with van der Waals surface area (Å²) in [5.74, 6) is -0.0162. The Morgan fingerprint density at radius 1 is 0.830 bits per heavy atom. The molecule has 11 nitrogen and oxygen atoms in total. The fourth-order valence-corrected chi connectivity index (χ4v) is 6.62. The molecular formula is C33H41Cl2N3O8S. The van der Waals surface area contributed by atoms with Crippen molar-refractivity contribution in [3.63, 3.8) is 0 Å². The van der Waals surface area contributed by atoms with Crippen molar-refractivity contribution in [2.75, 3.05) is 45.8 Å². The topological polar surface area (TPSA) is 124 Å². The van der Waals surface area contributed by atoms with Gasteiger partial charge in [0.05, 0.1) is 49.1 Å². The highest BCUT2D eigenvalue weighted by molar-refractivity contribution is 7.92. The van der Waals surface area contributed by atoms with Crippen molar-refractivity contribution in [3.8, 4) is 23.0 Å². The molecule has 0 aliphatic rings. The van der Waals surface area contributed by atoms with E-state index in [4.69, 9.17) is 42.1 Å². The van der Waals surface area contributed by atoms with Gasteiger partial charge in [-0.25, -0.2) is 8.42 Å². The lowest BCUT2D eigenvalue weighted by Gasteiger charge is -2.33. The van der Waals surface area contributed by atoms with Crippen LogP contribution in [-0.2, 0) is 26.2 Å². The molecule has 0 radical (unpaired) electrons. The number of ether oxygens (including phenoxy) is 4. The molecule has 14 heteroatoms. The number of amides is 2. The van der Waals surface area contributed by atoms with E-state index in [1.54, 1.807) is 37.3 Å². The fraction of sp³-hybridized carbons (Fsp3) is 0.394. The molecule has 2 amide bonds. The number of anilines is 1. The molecule has 256 valence electrons. The van der Waals surface area contributed by atoms with Gasteiger partial charge in [-0.15, -0.1) is 0 Å². The van der Waals surface area contributed by atoms with Crippen LogP contribution in [0.4, 0.5) is 5.69 Å². The lowest BCUT2D eigenvalue weighted by Crippen LogP contribution is -2.52. The maximum Gasteiger partial charge on any atom is 0.265 e. The molecule has 0 aliphatic carbocycles. The Balaban J connectivity index is 2.19. The molecule has 0 aromatic heterocycles. The monoisotopic (exact) mass is 709 g/mol. The lowest BCUT2D eigenvalue weighted by atomic mass is 10.1. The minimum absolute atomic E-state index is 0.0462. The Hall–Kier alpha value is -3.87. The second kappa shape index (κ2) is 17.3. The average molecular weight is 711 g/mol. The molecule has 3 rings (SSSR count). The summed E-state index contributed by atoms with van der Waals surface area (Å²) in [5, 5.41) is 3.50. The number of benzene rings is 3. The van der Waals surface area contributed by atoms with Crippen LogP contribution in [0.1, 0.15) is 38.7 Å². The number of nitrogens with one attached hydrogen (secondary N) is 1. The summed E-state index contributed by atoms with van der Waals surface area (Å²) in [6.07, 6.45) is 1.89. The largest absolute Gasteiger partial charge is 0.497 e. The summed E-state index contributed by atoms with van der Waals surface area (Å²) < 4.78 is 51.5. The quantitative estimate of drug-likeness (QED) is 0.171. The summed E-state index contributed by atoms with van der Waals surface area (Å²) in [5.41, 5.74) is 0.644. The van der Waals surface area contributed by atoms with Gasteiger partial charge < -0.3 is 29.2 Å². The van der Waals surface area contributed by atoms with Crippen LogP contribution in [0.15, 0.2) is 59.5 Å². The molecule has 0 saturated heterocycles. The normalized spacial score (nSPS) is 11.7. The first-order valence-electron chi connectivity index (χ1n) is 14.9. The molecule has 3 aromatic carbocycles. The van der Waals surface area contributed by atoms with Crippen LogP contribution in [0.2, 0.25) is 10.0 Å². The predicted molar refractivity (Wildman–Crippen MR) is 183 cm³/mol. The number of unbranched alkanes of at least 4 members (excludes halogenated alkanes) is 1. The summed E-state index contributed by atoms with van der Waals surface area (Å²) in [4.78, 5) is 29.1. The van der Waals surface area contributed by atoms with E-state index in [0.717, 1.165) is 17.1 Å². The van der Waals surface area contributed by atoms with Gasteiger partial charge in [-0.1, -0.05) is 49.5 Å². The van der Waals surface area contributed by atoms with E-state index in [9.17, 15) is 18.0 Å². The maximum absolute atomic E-state index is 14.5. The number of sulfonamides is 1. The number of rotatable bonds is 17. The second-order valence-electron chi connectivity index (χ2n) is 10.4. The van der Waals surface area contributed by atoms with Gasteiger partial charge in [-0.3, -0.25) is 13.9 Å². The van der Waals surface area contributed by atoms with E-state index in [1.807, 2.05) is 6.92 Å². The van der Waals surface area contributed by atoms with E-state index < -0.39 is 28.5 Å². The van der Waals surface area contributed by atoms with Crippen molar-refractivity contribution in [3.05, 3.63) is 70.2 Å². The minimum atomic E-state index is -4.48. The number of nitrogens with zero attached hydrogens (tertiary/aromatic N) is 2. The van der Waals surface area contributed by atoms with Gasteiger partial charge in [0.25, 0.3) is 10.0 Å². The van der Waals surface area contributed by atoms with Gasteiger partial charge in [0.2, 0.25) is 11.8 Å². The van der Waals surface area contributed by atoms with Crippen molar-refractivity contribution in [2.45, 2.75) is 50.6 Å². The highest BCUT2D eigenvalue weighted by Gasteiger charge is 2.35. The molecule has 0 bridgehead atoms. The van der Waals surface area contributed by atoms with E-state index in [0.29, 0.717) is 28.6 Å². The Morgan fingerprint density at radius 2 is 1.51 bits per heavy atom. The van der Waals surface area contributed by atoms with Crippen LogP contribution >= 0.6 is 23.2 Å². The summed E-state index contributed by atoms with van der Waals surface area (Å²) in [6, 6.07) is 12.7. The van der Waals surface area contributed by atoms with Crippen molar-refractivity contribution in [2.24, 2.45) is 0 Å². The van der Waals surface area contributed by atoms with Crippen LogP contribution in [0.5, 0.6) is 23.0 Å². The zero-order valence-corrected chi connectivity index (χ0v) is 29.7. The smallest absolute Gasteiger partial charge is 0.265 e. The number of carbonyl (C=O) groups is 2. The third kappa shape index (κ3) is 9.15. The molecule has 1 unspecified atom stereocenters. The first-order chi connectivity index (χ1) is 22.4. The molecule has 0 aliphatic heterocycles. The zero-order chi connectivity index (χ0) is 34.7. The number of hydrogen-bond acceptors (Lipinski definition) is 8. The average Bonchev–Trinajstić information content (AvgIpc) is 3.07. The number of hydrogen-bond donors (Lipinski definition) is 1. The lowest BCUT2D eigenvalue weighted by molar-refractivity contribution is -0.140. The Kier molecular flexibility index (Phi) is 13.9. The molecule has 3 aromatic rings. The van der Waals surface area contributed by atoms with Gasteiger partial charge in [0.15, 0.2) is 11.5 Å². The predicted octanol–water partition coefficient (Wildman–Crippen LogP) is 5.95. The highest BCUT2D eigenvalue weighted by atomic mass is 35.5. The van der Waals surface area contributed by atoms with Crippen LogP contribution in [0, 0.1) is 0 Å². The van der Waals surface area contributed by atoms with Gasteiger partial charge in [0.1, 0.15) is 24.1 Å². The van der Waals surface area contributed by atoms with Crippen LogP contribution in [0.25, 0.3) is 0 Å². The van der Waals surface area contributed by atoms with Gasteiger partial charge >= 0.3 is 0 Å². The molecule has 0 spiro atoms. The first kappa shape index (κ1) is 37.6. The summed E-state index contributed by atoms with van der Waals surface area (Å²) >= 11 is 12.4. The van der Waals surface area contributed by atoms with Crippen molar-refractivity contribution >= 4 is 50.7 Å². The summed E-state index contributed by atoms with van der Waals surface area (Å²) in [6.45, 7) is 3.48. The van der Waals surface area contributed by atoms with Crippen LogP contribution in [-0.4, -0.2) is 72.7 Å². The van der Waals surface area contributed by atoms with E-state index in [2.05, 4.69) is 5.32 Å². The van der Waals surface area contributed by atoms with Crippen molar-refractivity contribution in [1.82, 2.24) is 10.2 Å². The zero-order valence-electron chi connectivity index (χ0n) is 27.3. The molecular weight excluding hydrogens is 669 g/mol. The molecule has 1 N–H and O–H groups in total. The standard InChI is InChI=1S/C33H41Cl2N3O8S/c1-7-9-16-36-33(40)27(8-2)37(20-22-10-13-25(34)26(35)17-22)32(39)21-38(28-18-23(43-3)11-14-29(28)44-4)47(41,42)24-12-15-30(45-5)31(19-24)46-6/h10-15,17-19,27H,7-9,16,20-21H2,1-6H3,(H,36,40). The Labute approximate surface area is 286 Å². The molecule has 1 atom stereocenters. The Bertz CT molecular complexity index is 1650. The number of carbonyl (C=O) groups excluding carboxylic acids is 2. The SMILES string of the molecule is CCCCNC(=O)C(CC)N(Cc1ccc(Cl)c(Cl)c1)C(=O)CN(c1cc(OC)ccc1OC)S(=O)(=O)c1ccc(OC)c(OC)c1. The molecule has 0 heterocycles. The number of halogens is 2. The second-order valence-corrected chi connectivity index (χ2v) is 13.1. The third-order valence-corrected chi connectivity index (χ3v) is 9.92. The van der Waals surface area contributed by atoms with E-state index in [1.165, 1.54) is 57.6 Å². The fourth-order valence-electron chi connectivity index (χ4n) is 4.87. The Morgan fingerprint density at radius 3 is 2.11 bits per heavy atom. The minimum Gasteiger partial charge on any atom is -0.497 e. The van der Waals surface area contributed by atoms with Gasteiger partial charge in [0, 0.05) is 25.2 Å².